The molecule has 0 N–H and O–H groups in total. The van der Waals surface area contributed by atoms with Crippen LogP contribution in [0.3, 0.4) is 0 Å². The van der Waals surface area contributed by atoms with Crippen molar-refractivity contribution < 1.29 is 4.42 Å². The molecule has 0 aliphatic heterocycles. The normalized spacial score (nSPS) is 11.6. The molecular weight excluding hydrogens is 559 g/mol. The third-order valence-electron chi connectivity index (χ3n) is 8.15. The van der Waals surface area contributed by atoms with Gasteiger partial charge < -0.3 is 4.42 Å². The molecule has 0 saturated carbocycles. The highest BCUT2D eigenvalue weighted by atomic mass is 32.1. The number of nitrogens with zero attached hydrogens (tertiary/aromatic N) is 3. The smallest absolute Gasteiger partial charge is 0.165 e. The molecule has 44 heavy (non-hydrogen) atoms. The van der Waals surface area contributed by atoms with E-state index in [0.717, 1.165) is 49.8 Å². The molecule has 0 spiro atoms. The van der Waals surface area contributed by atoms with Gasteiger partial charge in [0, 0.05) is 47.6 Å². The van der Waals surface area contributed by atoms with E-state index < -0.39 is 0 Å². The van der Waals surface area contributed by atoms with Gasteiger partial charge in [-0.25, -0.2) is 15.0 Å². The van der Waals surface area contributed by atoms with E-state index in [9.17, 15) is 0 Å². The summed E-state index contributed by atoms with van der Waals surface area (Å²) in [4.78, 5) is 15.1. The van der Waals surface area contributed by atoms with Crippen LogP contribution in [-0.2, 0) is 0 Å². The Morgan fingerprint density at radius 3 is 1.93 bits per heavy atom. The first-order valence-electron chi connectivity index (χ1n) is 14.5. The zero-order chi connectivity index (χ0) is 29.0. The summed E-state index contributed by atoms with van der Waals surface area (Å²) < 4.78 is 8.74. The van der Waals surface area contributed by atoms with E-state index >= 15 is 0 Å². The predicted molar refractivity (Wildman–Crippen MR) is 182 cm³/mol. The molecule has 0 radical (unpaired) electrons. The molecule has 0 aliphatic rings. The van der Waals surface area contributed by atoms with Crippen LogP contribution in [0.4, 0.5) is 0 Å². The fourth-order valence-electron chi connectivity index (χ4n) is 5.99. The predicted octanol–water partition coefficient (Wildman–Crippen LogP) is 10.8. The van der Waals surface area contributed by atoms with Crippen molar-refractivity contribution in [1.82, 2.24) is 15.0 Å². The highest BCUT2D eigenvalue weighted by Gasteiger charge is 2.17. The van der Waals surface area contributed by atoms with Crippen molar-refractivity contribution in [2.75, 3.05) is 0 Å². The van der Waals surface area contributed by atoms with Gasteiger partial charge in [0.15, 0.2) is 17.5 Å². The van der Waals surface area contributed by atoms with Gasteiger partial charge in [0.1, 0.15) is 11.2 Å². The maximum atomic E-state index is 6.32. The third-order valence-corrected chi connectivity index (χ3v) is 9.37. The lowest BCUT2D eigenvalue weighted by Gasteiger charge is -2.09. The van der Waals surface area contributed by atoms with Gasteiger partial charge in [0.05, 0.1) is 0 Å². The largest absolute Gasteiger partial charge is 0.456 e. The lowest BCUT2D eigenvalue weighted by molar-refractivity contribution is 0.669. The van der Waals surface area contributed by atoms with Gasteiger partial charge >= 0.3 is 0 Å². The molecule has 0 saturated heterocycles. The quantitative estimate of drug-likeness (QED) is 0.207. The maximum absolute atomic E-state index is 6.32. The first kappa shape index (κ1) is 24.9. The van der Waals surface area contributed by atoms with Gasteiger partial charge in [0.2, 0.25) is 0 Å². The highest BCUT2D eigenvalue weighted by Crippen LogP contribution is 2.40. The van der Waals surface area contributed by atoms with Gasteiger partial charge in [-0.1, -0.05) is 97.1 Å². The maximum Gasteiger partial charge on any atom is 0.165 e. The summed E-state index contributed by atoms with van der Waals surface area (Å²) in [5.41, 5.74) is 6.85. The van der Waals surface area contributed by atoms with Gasteiger partial charge in [-0.05, 0) is 53.6 Å². The molecular formula is C39H23N3OS. The van der Waals surface area contributed by atoms with Gasteiger partial charge in [-0.15, -0.1) is 11.3 Å². The molecule has 0 aliphatic carbocycles. The Morgan fingerprint density at radius 2 is 1.09 bits per heavy atom. The van der Waals surface area contributed by atoms with Crippen molar-refractivity contribution in [3.8, 4) is 45.3 Å². The Bertz CT molecular complexity index is 2500. The van der Waals surface area contributed by atoms with Crippen LogP contribution < -0.4 is 0 Å². The average molecular weight is 582 g/mol. The molecule has 3 heterocycles. The van der Waals surface area contributed by atoms with Crippen molar-refractivity contribution in [2.24, 2.45) is 0 Å². The van der Waals surface area contributed by atoms with E-state index in [2.05, 4.69) is 91.0 Å². The van der Waals surface area contributed by atoms with Gasteiger partial charge in [-0.2, -0.15) is 0 Å². The number of thiophene rings is 1. The molecule has 3 aromatic heterocycles. The number of hydrogen-bond donors (Lipinski definition) is 0. The Morgan fingerprint density at radius 1 is 0.409 bits per heavy atom. The SMILES string of the molecule is c1ccc(-c2ccc3c(c2)oc2ccc(-c4nc(-c5ccccc5)nc(-c5cccc6c5sc5ccccc56)n4)cc23)cc1. The second kappa shape index (κ2) is 9.97. The molecule has 0 bridgehead atoms. The van der Waals surface area contributed by atoms with Crippen LogP contribution in [-0.4, -0.2) is 15.0 Å². The van der Waals surface area contributed by atoms with Crippen molar-refractivity contribution in [2.45, 2.75) is 0 Å². The summed E-state index contributed by atoms with van der Waals surface area (Å²) in [6.45, 7) is 0. The summed E-state index contributed by atoms with van der Waals surface area (Å²) in [6.07, 6.45) is 0. The van der Waals surface area contributed by atoms with Crippen LogP contribution in [0, 0.1) is 0 Å². The minimum absolute atomic E-state index is 0.629. The number of furan rings is 1. The molecule has 9 aromatic rings. The van der Waals surface area contributed by atoms with Crippen molar-refractivity contribution >= 4 is 53.4 Å². The summed E-state index contributed by atoms with van der Waals surface area (Å²) in [7, 11) is 0. The van der Waals surface area contributed by atoms with Crippen molar-refractivity contribution in [1.29, 1.82) is 0 Å². The van der Waals surface area contributed by atoms with E-state index in [-0.39, 0.29) is 0 Å². The second-order valence-corrected chi connectivity index (χ2v) is 11.9. The minimum Gasteiger partial charge on any atom is -0.456 e. The van der Waals surface area contributed by atoms with Crippen molar-refractivity contribution in [3.05, 3.63) is 140 Å². The molecule has 6 aromatic carbocycles. The molecule has 0 amide bonds. The molecule has 9 rings (SSSR count). The van der Waals surface area contributed by atoms with E-state index in [0.29, 0.717) is 17.5 Å². The summed E-state index contributed by atoms with van der Waals surface area (Å²) in [6, 6.07) is 48.0. The van der Waals surface area contributed by atoms with Crippen LogP contribution in [0.25, 0.3) is 87.4 Å². The average Bonchev–Trinajstić information content (AvgIpc) is 3.66. The lowest BCUT2D eigenvalue weighted by Crippen LogP contribution is -2.00. The summed E-state index contributed by atoms with van der Waals surface area (Å²) >= 11 is 1.78. The Kier molecular flexibility index (Phi) is 5.64. The number of aromatic nitrogens is 3. The summed E-state index contributed by atoms with van der Waals surface area (Å²) in [5.74, 6) is 1.94. The van der Waals surface area contributed by atoms with E-state index in [1.54, 1.807) is 11.3 Å². The fourth-order valence-corrected chi connectivity index (χ4v) is 7.20. The van der Waals surface area contributed by atoms with E-state index in [4.69, 9.17) is 19.4 Å². The Labute approximate surface area is 256 Å². The Balaban J connectivity index is 1.23. The van der Waals surface area contributed by atoms with E-state index in [1.165, 1.54) is 20.2 Å². The number of rotatable bonds is 4. The topological polar surface area (TPSA) is 51.8 Å². The molecule has 0 unspecified atom stereocenters. The first-order chi connectivity index (χ1) is 21.8. The van der Waals surface area contributed by atoms with Gasteiger partial charge in [-0.3, -0.25) is 0 Å². The standard InChI is InChI=1S/C39H23N3OS/c1-3-10-24(11-4-1)26-18-20-28-32-22-27(19-21-33(32)43-34(28)23-26)38-40-37(25-12-5-2-6-13-25)41-39(42-38)31-16-9-15-30-29-14-7-8-17-35(29)44-36(30)31/h1-23H. The lowest BCUT2D eigenvalue weighted by atomic mass is 10.0. The number of hydrogen-bond acceptors (Lipinski definition) is 5. The summed E-state index contributed by atoms with van der Waals surface area (Å²) in [5, 5.41) is 4.56. The van der Waals surface area contributed by atoms with Crippen LogP contribution in [0.5, 0.6) is 0 Å². The van der Waals surface area contributed by atoms with Crippen LogP contribution in [0.2, 0.25) is 0 Å². The fraction of sp³-hybridized carbons (Fsp3) is 0. The molecule has 0 fully saturated rings. The van der Waals surface area contributed by atoms with E-state index in [1.807, 2.05) is 48.5 Å². The number of benzene rings is 6. The highest BCUT2D eigenvalue weighted by molar-refractivity contribution is 7.26. The van der Waals surface area contributed by atoms with Crippen LogP contribution in [0.1, 0.15) is 0 Å². The number of fused-ring (bicyclic) bond motifs is 6. The molecule has 206 valence electrons. The van der Waals surface area contributed by atoms with Crippen LogP contribution >= 0.6 is 11.3 Å². The second-order valence-electron chi connectivity index (χ2n) is 10.8. The Hall–Kier alpha value is -5.65. The van der Waals surface area contributed by atoms with Crippen LogP contribution in [0.15, 0.2) is 144 Å². The monoisotopic (exact) mass is 581 g/mol. The third kappa shape index (κ3) is 4.09. The first-order valence-corrected chi connectivity index (χ1v) is 15.3. The molecule has 4 nitrogen and oxygen atoms in total. The van der Waals surface area contributed by atoms with Gasteiger partial charge in [0.25, 0.3) is 0 Å². The minimum atomic E-state index is 0.629. The molecule has 5 heteroatoms. The van der Waals surface area contributed by atoms with Crippen molar-refractivity contribution in [3.63, 3.8) is 0 Å². The molecule has 0 atom stereocenters. The zero-order valence-electron chi connectivity index (χ0n) is 23.4. The zero-order valence-corrected chi connectivity index (χ0v) is 24.3.